The van der Waals surface area contributed by atoms with E-state index in [4.69, 9.17) is 14.5 Å². The Bertz CT molecular complexity index is 745. The molecule has 0 spiro atoms. The molecule has 3 aliphatic heterocycles. The average Bonchev–Trinajstić information content (AvgIpc) is 2.85. The van der Waals surface area contributed by atoms with E-state index in [2.05, 4.69) is 9.76 Å². The third-order valence-corrected chi connectivity index (χ3v) is 5.43. The molecule has 0 aliphatic carbocycles. The highest BCUT2D eigenvalue weighted by Gasteiger charge is 2.49. The van der Waals surface area contributed by atoms with E-state index in [1.165, 1.54) is 4.90 Å². The number of urea groups is 1. The van der Waals surface area contributed by atoms with Gasteiger partial charge in [-0.1, -0.05) is 0 Å². The van der Waals surface area contributed by atoms with Crippen LogP contribution in [0.15, 0.2) is 0 Å². The van der Waals surface area contributed by atoms with Crippen molar-refractivity contribution in [2.45, 2.75) is 37.8 Å². The molecule has 3 heterocycles. The van der Waals surface area contributed by atoms with Crippen LogP contribution in [0.4, 0.5) is 9.59 Å². The number of nitrogens with zero attached hydrogens (tertiary/aromatic N) is 3. The Kier molecular flexibility index (Phi) is 5.92. The highest BCUT2D eigenvalue weighted by Crippen LogP contribution is 2.30. The summed E-state index contributed by atoms with van der Waals surface area (Å²) < 4.78 is 34.8. The molecule has 3 N–H and O–H groups in total. The monoisotopic (exact) mass is 422 g/mol. The summed E-state index contributed by atoms with van der Waals surface area (Å²) in [7, 11) is -4.85. The lowest BCUT2D eigenvalue weighted by Crippen LogP contribution is -2.50. The Hall–Kier alpha value is -2.16. The summed E-state index contributed by atoms with van der Waals surface area (Å²) in [6.45, 7) is 1.02. The number of likely N-dealkylation sites (tertiary alicyclic amines) is 1. The lowest BCUT2D eigenvalue weighted by atomic mass is 9.99. The topological polar surface area (TPSA) is 166 Å². The molecule has 0 aromatic rings. The van der Waals surface area contributed by atoms with Gasteiger partial charge >= 0.3 is 22.5 Å². The molecule has 3 fully saturated rings. The number of hydrogen-bond acceptors (Lipinski definition) is 7. The Balaban J connectivity index is 1.49. The summed E-state index contributed by atoms with van der Waals surface area (Å²) in [5.74, 6) is -0.612. The molecule has 158 valence electrons. The van der Waals surface area contributed by atoms with Crippen LogP contribution in [-0.2, 0) is 24.3 Å². The quantitative estimate of drug-likeness (QED) is 0.375. The lowest BCUT2D eigenvalue weighted by Gasteiger charge is -2.31. The maximum Gasteiger partial charge on any atom is 0.418 e. The van der Waals surface area contributed by atoms with Crippen LogP contribution in [0.25, 0.3) is 0 Å². The third kappa shape index (κ3) is 4.63. The molecular formula is C14H22N4O9S. The molecule has 2 bridgehead atoms. The molecule has 3 aliphatic rings. The van der Waals surface area contributed by atoms with E-state index in [1.54, 1.807) is 0 Å². The van der Waals surface area contributed by atoms with Gasteiger partial charge in [0, 0.05) is 25.6 Å². The van der Waals surface area contributed by atoms with Crippen molar-refractivity contribution in [2.24, 2.45) is 5.92 Å². The smallest absolute Gasteiger partial charge is 0.418 e. The largest absolute Gasteiger partial charge is 0.465 e. The first kappa shape index (κ1) is 20.6. The molecular weight excluding hydrogens is 400 g/mol. The summed E-state index contributed by atoms with van der Waals surface area (Å²) in [6.07, 6.45) is 1.08. The lowest BCUT2D eigenvalue weighted by molar-refractivity contribution is -0.140. The number of amides is 4. The number of carbonyl (C=O) groups excluding carboxylic acids is 2. The average molecular weight is 422 g/mol. The van der Waals surface area contributed by atoms with Crippen molar-refractivity contribution in [3.8, 4) is 0 Å². The minimum Gasteiger partial charge on any atom is -0.465 e. The van der Waals surface area contributed by atoms with Crippen LogP contribution in [0.3, 0.4) is 0 Å². The molecule has 13 nitrogen and oxygen atoms in total. The molecule has 3 atom stereocenters. The van der Waals surface area contributed by atoms with Gasteiger partial charge < -0.3 is 14.9 Å². The standard InChI is InChI=1S/C14H22N4O9S/c19-12(15-26-8-9-2-1-5-16(6-9)14(21)22)11-4-3-10-7-17(11)13(20)18(10)27-28(23,24)25/h9-11H,1-8H2,(H,15,19)(H,21,22)(H,23,24,25)/t9-,10-,11+/m1/s1. The van der Waals surface area contributed by atoms with Crippen molar-refractivity contribution in [1.82, 2.24) is 20.3 Å². The zero-order valence-corrected chi connectivity index (χ0v) is 15.7. The first-order valence-electron chi connectivity index (χ1n) is 8.82. The summed E-state index contributed by atoms with van der Waals surface area (Å²) >= 11 is 0. The van der Waals surface area contributed by atoms with Crippen LogP contribution >= 0.6 is 0 Å². The minimum absolute atomic E-state index is 0.0482. The predicted octanol–water partition coefficient (Wildman–Crippen LogP) is -0.573. The van der Waals surface area contributed by atoms with Gasteiger partial charge in [-0.3, -0.25) is 14.2 Å². The zero-order chi connectivity index (χ0) is 20.5. The second-order valence-electron chi connectivity index (χ2n) is 7.02. The van der Waals surface area contributed by atoms with E-state index < -0.39 is 40.5 Å². The Morgan fingerprint density at radius 2 is 1.96 bits per heavy atom. The molecule has 14 heteroatoms. The van der Waals surface area contributed by atoms with Crippen molar-refractivity contribution in [1.29, 1.82) is 0 Å². The highest BCUT2D eigenvalue weighted by molar-refractivity contribution is 7.80. The van der Waals surface area contributed by atoms with Gasteiger partial charge in [-0.15, -0.1) is 4.28 Å². The summed E-state index contributed by atoms with van der Waals surface area (Å²) in [5.41, 5.74) is 2.28. The second-order valence-corrected chi connectivity index (χ2v) is 8.03. The van der Waals surface area contributed by atoms with Crippen LogP contribution < -0.4 is 5.48 Å². The Morgan fingerprint density at radius 3 is 2.64 bits per heavy atom. The fourth-order valence-corrected chi connectivity index (χ4v) is 4.17. The van der Waals surface area contributed by atoms with Crippen LogP contribution in [-0.4, -0.2) is 89.3 Å². The van der Waals surface area contributed by atoms with E-state index in [-0.39, 0.29) is 25.5 Å². The number of hydrogen-bond donors (Lipinski definition) is 3. The van der Waals surface area contributed by atoms with Gasteiger partial charge in [0.1, 0.15) is 6.04 Å². The van der Waals surface area contributed by atoms with Crippen molar-refractivity contribution >= 4 is 28.4 Å². The van der Waals surface area contributed by atoms with E-state index in [9.17, 15) is 22.8 Å². The number of carboxylic acid groups (broad SMARTS) is 1. The maximum atomic E-state index is 12.4. The van der Waals surface area contributed by atoms with Crippen LogP contribution in [0.2, 0.25) is 0 Å². The van der Waals surface area contributed by atoms with E-state index in [0.29, 0.717) is 31.0 Å². The number of carbonyl (C=O) groups is 3. The Labute approximate surface area is 161 Å². The molecule has 3 saturated heterocycles. The first-order chi connectivity index (χ1) is 13.2. The fourth-order valence-electron chi connectivity index (χ4n) is 3.78. The summed E-state index contributed by atoms with van der Waals surface area (Å²) in [6, 6.07) is -2.27. The van der Waals surface area contributed by atoms with Gasteiger partial charge in [0.05, 0.1) is 12.6 Å². The van der Waals surface area contributed by atoms with Gasteiger partial charge in [-0.25, -0.2) is 15.1 Å². The molecule has 3 rings (SSSR count). The molecule has 0 aromatic carbocycles. The van der Waals surface area contributed by atoms with Crippen LogP contribution in [0.1, 0.15) is 25.7 Å². The van der Waals surface area contributed by atoms with Gasteiger partial charge in [-0.05, 0) is 25.7 Å². The number of rotatable bonds is 6. The second kappa shape index (κ2) is 8.06. The van der Waals surface area contributed by atoms with Crippen LogP contribution in [0, 0.1) is 5.92 Å². The van der Waals surface area contributed by atoms with Crippen molar-refractivity contribution in [2.75, 3.05) is 26.2 Å². The number of piperidine rings is 2. The van der Waals surface area contributed by atoms with Crippen LogP contribution in [0.5, 0.6) is 0 Å². The fraction of sp³-hybridized carbons (Fsp3) is 0.786. The first-order valence-corrected chi connectivity index (χ1v) is 10.2. The molecule has 0 radical (unpaired) electrons. The normalized spacial score (nSPS) is 27.8. The number of nitrogens with one attached hydrogen (secondary N) is 1. The van der Waals surface area contributed by atoms with Crippen molar-refractivity contribution in [3.05, 3.63) is 0 Å². The number of fused-ring (bicyclic) bond motifs is 2. The van der Waals surface area contributed by atoms with Gasteiger partial charge in [-0.2, -0.15) is 13.5 Å². The zero-order valence-electron chi connectivity index (χ0n) is 14.9. The summed E-state index contributed by atoms with van der Waals surface area (Å²) in [4.78, 5) is 43.3. The van der Waals surface area contributed by atoms with Crippen molar-refractivity contribution < 1.29 is 41.6 Å². The van der Waals surface area contributed by atoms with E-state index >= 15 is 0 Å². The van der Waals surface area contributed by atoms with Gasteiger partial charge in [0.2, 0.25) is 0 Å². The van der Waals surface area contributed by atoms with E-state index in [0.717, 1.165) is 11.3 Å². The minimum atomic E-state index is -4.85. The molecule has 28 heavy (non-hydrogen) atoms. The predicted molar refractivity (Wildman–Crippen MR) is 89.8 cm³/mol. The molecule has 4 amide bonds. The van der Waals surface area contributed by atoms with E-state index in [1.807, 2.05) is 0 Å². The van der Waals surface area contributed by atoms with Gasteiger partial charge in [0.25, 0.3) is 5.91 Å². The van der Waals surface area contributed by atoms with Crippen molar-refractivity contribution in [3.63, 3.8) is 0 Å². The maximum absolute atomic E-state index is 12.4. The third-order valence-electron chi connectivity index (χ3n) is 5.08. The molecule has 0 aromatic heterocycles. The Morgan fingerprint density at radius 1 is 1.21 bits per heavy atom. The molecule has 0 saturated carbocycles. The van der Waals surface area contributed by atoms with Gasteiger partial charge in [0.15, 0.2) is 0 Å². The SMILES string of the molecule is O=C(NOC[C@@H]1CCCN(C(=O)O)C1)[C@@H]1CC[C@@H]2CN1C(=O)N2OS(=O)(=O)O. The summed E-state index contributed by atoms with van der Waals surface area (Å²) in [5, 5.41) is 9.59. The number of hydroxylamine groups is 3. The molecule has 0 unspecified atom stereocenters. The highest BCUT2D eigenvalue weighted by atomic mass is 32.3.